The molecule has 0 bridgehead atoms. The molecule has 0 fully saturated rings. The molecule has 0 saturated heterocycles. The quantitative estimate of drug-likeness (QED) is 0.861. The lowest BCUT2D eigenvalue weighted by Gasteiger charge is -2.12. The molecule has 0 aliphatic carbocycles. The highest BCUT2D eigenvalue weighted by Gasteiger charge is 2.16. The second kappa shape index (κ2) is 7.17. The van der Waals surface area contributed by atoms with E-state index in [1.807, 2.05) is 37.6 Å². The van der Waals surface area contributed by atoms with Gasteiger partial charge in [0.1, 0.15) is 5.82 Å². The highest BCUT2D eigenvalue weighted by molar-refractivity contribution is 7.07. The minimum absolute atomic E-state index is 0.179. The Balaban J connectivity index is 2.18. The van der Waals surface area contributed by atoms with Gasteiger partial charge in [-0.3, -0.25) is 4.79 Å². The number of hydrogen-bond donors (Lipinski definition) is 2. The number of hydrogen-bond acceptors (Lipinski definition) is 5. The molecular weight excluding hydrogens is 284 g/mol. The summed E-state index contributed by atoms with van der Waals surface area (Å²) in [6.45, 7) is 7.22. The Morgan fingerprint density at radius 1 is 1.43 bits per heavy atom. The average molecular weight is 304 g/mol. The third kappa shape index (κ3) is 4.01. The molecular formula is C15H20N4OS. The molecule has 0 saturated carbocycles. The molecule has 2 aromatic heterocycles. The number of rotatable bonds is 6. The van der Waals surface area contributed by atoms with Crippen molar-refractivity contribution in [3.8, 4) is 0 Å². The predicted octanol–water partition coefficient (Wildman–Crippen LogP) is 3.02. The zero-order valence-corrected chi connectivity index (χ0v) is 13.3. The van der Waals surface area contributed by atoms with Crippen molar-refractivity contribution in [1.82, 2.24) is 15.3 Å². The fourth-order valence-corrected chi connectivity index (χ4v) is 2.49. The van der Waals surface area contributed by atoms with Crippen LogP contribution in [0.1, 0.15) is 48.6 Å². The molecule has 0 unspecified atom stereocenters. The highest BCUT2D eigenvalue weighted by Crippen LogP contribution is 2.16. The van der Waals surface area contributed by atoms with E-state index in [-0.39, 0.29) is 11.8 Å². The molecule has 112 valence electrons. The number of amides is 1. The Hall–Kier alpha value is -1.95. The van der Waals surface area contributed by atoms with E-state index in [0.717, 1.165) is 12.1 Å². The monoisotopic (exact) mass is 304 g/mol. The van der Waals surface area contributed by atoms with Crippen molar-refractivity contribution in [3.63, 3.8) is 0 Å². The largest absolute Gasteiger partial charge is 0.382 e. The molecule has 0 aromatic carbocycles. The number of nitrogens with one attached hydrogen (secondary N) is 2. The van der Waals surface area contributed by atoms with Crippen molar-refractivity contribution in [3.05, 3.63) is 40.1 Å². The van der Waals surface area contributed by atoms with Crippen LogP contribution in [0.3, 0.4) is 0 Å². The maximum atomic E-state index is 12.4. The second-order valence-corrected chi connectivity index (χ2v) is 5.77. The molecule has 5 nitrogen and oxygen atoms in total. The fourth-order valence-electron chi connectivity index (χ4n) is 1.83. The minimum Gasteiger partial charge on any atom is -0.382 e. The van der Waals surface area contributed by atoms with Gasteiger partial charge in [-0.15, -0.1) is 0 Å². The Labute approximate surface area is 128 Å². The van der Waals surface area contributed by atoms with Gasteiger partial charge in [0.25, 0.3) is 5.91 Å². The summed E-state index contributed by atoms with van der Waals surface area (Å²) in [6.07, 6.45) is 1.69. The van der Waals surface area contributed by atoms with E-state index < -0.39 is 0 Å². The van der Waals surface area contributed by atoms with Gasteiger partial charge in [0.2, 0.25) is 0 Å². The summed E-state index contributed by atoms with van der Waals surface area (Å²) >= 11 is 1.62. The number of aromatic nitrogens is 2. The Morgan fingerprint density at radius 2 is 2.24 bits per heavy atom. The van der Waals surface area contributed by atoms with Gasteiger partial charge < -0.3 is 10.6 Å². The van der Waals surface area contributed by atoms with Crippen LogP contribution < -0.4 is 10.6 Å². The zero-order chi connectivity index (χ0) is 15.2. The molecule has 0 aliphatic rings. The van der Waals surface area contributed by atoms with Gasteiger partial charge >= 0.3 is 0 Å². The van der Waals surface area contributed by atoms with Crippen LogP contribution in [0, 0.1) is 0 Å². The number of carbonyl (C=O) groups excluding carboxylic acids is 1. The molecule has 2 N–H and O–H groups in total. The lowest BCUT2D eigenvalue weighted by molar-refractivity contribution is 0.0946. The molecule has 21 heavy (non-hydrogen) atoms. The van der Waals surface area contributed by atoms with Crippen LogP contribution in [0.4, 0.5) is 5.69 Å². The summed E-state index contributed by atoms with van der Waals surface area (Å²) in [5.74, 6) is 0.683. The first-order valence-electron chi connectivity index (χ1n) is 7.02. The van der Waals surface area contributed by atoms with Crippen molar-refractivity contribution in [2.24, 2.45) is 0 Å². The zero-order valence-electron chi connectivity index (χ0n) is 12.5. The summed E-state index contributed by atoms with van der Waals surface area (Å²) in [5.41, 5.74) is 2.17. The number of carbonyl (C=O) groups is 1. The van der Waals surface area contributed by atoms with E-state index in [4.69, 9.17) is 0 Å². The first-order valence-corrected chi connectivity index (χ1v) is 7.96. The molecule has 0 radical (unpaired) electrons. The van der Waals surface area contributed by atoms with Gasteiger partial charge in [-0.1, -0.05) is 13.8 Å². The molecule has 1 amide bonds. The van der Waals surface area contributed by atoms with Gasteiger partial charge in [-0.2, -0.15) is 11.3 Å². The third-order valence-corrected chi connectivity index (χ3v) is 3.67. The average Bonchev–Trinajstić information content (AvgIpc) is 2.98. The van der Waals surface area contributed by atoms with E-state index in [1.165, 1.54) is 0 Å². The maximum Gasteiger partial charge on any atom is 0.272 e. The number of thiophene rings is 1. The summed E-state index contributed by atoms with van der Waals surface area (Å²) < 4.78 is 0. The Morgan fingerprint density at radius 3 is 2.86 bits per heavy atom. The second-order valence-electron chi connectivity index (χ2n) is 4.99. The number of anilines is 1. The van der Waals surface area contributed by atoms with Crippen LogP contribution in [-0.2, 0) is 6.54 Å². The predicted molar refractivity (Wildman–Crippen MR) is 85.8 cm³/mol. The van der Waals surface area contributed by atoms with E-state index in [1.54, 1.807) is 17.5 Å². The van der Waals surface area contributed by atoms with Crippen LogP contribution >= 0.6 is 11.3 Å². The van der Waals surface area contributed by atoms with Crippen LogP contribution in [0.5, 0.6) is 0 Å². The van der Waals surface area contributed by atoms with Gasteiger partial charge in [-0.05, 0) is 29.3 Å². The van der Waals surface area contributed by atoms with Crippen molar-refractivity contribution in [2.75, 3.05) is 11.9 Å². The third-order valence-electron chi connectivity index (χ3n) is 2.94. The Kier molecular flexibility index (Phi) is 5.27. The van der Waals surface area contributed by atoms with E-state index >= 15 is 0 Å². The van der Waals surface area contributed by atoms with E-state index in [9.17, 15) is 4.79 Å². The smallest absolute Gasteiger partial charge is 0.272 e. The minimum atomic E-state index is -0.179. The van der Waals surface area contributed by atoms with Gasteiger partial charge in [0.05, 0.1) is 11.9 Å². The summed E-state index contributed by atoms with van der Waals surface area (Å²) in [7, 11) is 0. The highest BCUT2D eigenvalue weighted by atomic mass is 32.1. The SMILES string of the molecule is CCNc1cnc(C(C)C)nc1C(=O)NCc1ccsc1. The van der Waals surface area contributed by atoms with Crippen molar-refractivity contribution < 1.29 is 4.79 Å². The van der Waals surface area contributed by atoms with Crippen molar-refractivity contribution in [1.29, 1.82) is 0 Å². The molecule has 0 atom stereocenters. The molecule has 6 heteroatoms. The molecule has 2 rings (SSSR count). The van der Waals surface area contributed by atoms with Crippen molar-refractivity contribution in [2.45, 2.75) is 33.2 Å². The molecule has 0 spiro atoms. The molecule has 2 heterocycles. The summed E-state index contributed by atoms with van der Waals surface area (Å²) in [5, 5.41) is 10.0. The standard InChI is InChI=1S/C15H20N4OS/c1-4-16-12-8-17-14(10(2)3)19-13(12)15(20)18-7-11-5-6-21-9-11/h5-6,8-10,16H,4,7H2,1-3H3,(H,18,20). The Bertz CT molecular complexity index is 596. The molecule has 0 aliphatic heterocycles. The fraction of sp³-hybridized carbons (Fsp3) is 0.400. The first-order chi connectivity index (χ1) is 10.1. The van der Waals surface area contributed by atoms with Crippen LogP contribution in [0.2, 0.25) is 0 Å². The lowest BCUT2D eigenvalue weighted by Crippen LogP contribution is -2.25. The molecule has 2 aromatic rings. The summed E-state index contributed by atoms with van der Waals surface area (Å²) in [4.78, 5) is 21.1. The van der Waals surface area contributed by atoms with Crippen molar-refractivity contribution >= 4 is 22.9 Å². The van der Waals surface area contributed by atoms with Crippen LogP contribution in [0.15, 0.2) is 23.0 Å². The van der Waals surface area contributed by atoms with Crippen LogP contribution in [-0.4, -0.2) is 22.4 Å². The summed E-state index contributed by atoms with van der Waals surface area (Å²) in [6, 6.07) is 2.00. The van der Waals surface area contributed by atoms with E-state index in [2.05, 4.69) is 20.6 Å². The maximum absolute atomic E-state index is 12.4. The normalized spacial score (nSPS) is 10.7. The topological polar surface area (TPSA) is 66.9 Å². The van der Waals surface area contributed by atoms with Gasteiger partial charge in [-0.25, -0.2) is 9.97 Å². The van der Waals surface area contributed by atoms with Crippen LogP contribution in [0.25, 0.3) is 0 Å². The number of nitrogens with zero attached hydrogens (tertiary/aromatic N) is 2. The van der Waals surface area contributed by atoms with Gasteiger partial charge in [0.15, 0.2) is 5.69 Å². The van der Waals surface area contributed by atoms with Gasteiger partial charge in [0, 0.05) is 19.0 Å². The van der Waals surface area contributed by atoms with E-state index in [0.29, 0.717) is 23.8 Å². The first kappa shape index (κ1) is 15.4. The lowest BCUT2D eigenvalue weighted by atomic mass is 10.2.